The molecule has 1 aromatic carbocycles. The molecule has 25 heavy (non-hydrogen) atoms. The smallest absolute Gasteiger partial charge is 0.224 e. The zero-order valence-corrected chi connectivity index (χ0v) is 15.5. The van der Waals surface area contributed by atoms with Crippen LogP contribution in [-0.4, -0.2) is 46.9 Å². The summed E-state index contributed by atoms with van der Waals surface area (Å²) in [5.74, 6) is 0.802. The van der Waals surface area contributed by atoms with Crippen LogP contribution in [0.25, 0.3) is 0 Å². The summed E-state index contributed by atoms with van der Waals surface area (Å²) in [6.07, 6.45) is 4.07. The normalized spacial score (nSPS) is 15.1. The van der Waals surface area contributed by atoms with Gasteiger partial charge in [-0.1, -0.05) is 18.9 Å². The lowest BCUT2D eigenvalue weighted by atomic mass is 10.1. The van der Waals surface area contributed by atoms with Gasteiger partial charge in [-0.3, -0.25) is 4.79 Å². The van der Waals surface area contributed by atoms with Crippen molar-refractivity contribution in [3.05, 3.63) is 23.8 Å². The second kappa shape index (κ2) is 9.05. The largest absolute Gasteiger partial charge is 0.493 e. The maximum atomic E-state index is 12.0. The minimum atomic E-state index is -3.35. The van der Waals surface area contributed by atoms with E-state index in [-0.39, 0.29) is 30.7 Å². The third kappa shape index (κ3) is 6.21. The minimum Gasteiger partial charge on any atom is -0.493 e. The van der Waals surface area contributed by atoms with E-state index in [0.717, 1.165) is 31.2 Å². The molecule has 1 aliphatic rings. The van der Waals surface area contributed by atoms with Gasteiger partial charge < -0.3 is 14.8 Å². The first kappa shape index (κ1) is 19.5. The van der Waals surface area contributed by atoms with Gasteiger partial charge in [-0.2, -0.15) is 0 Å². The van der Waals surface area contributed by atoms with E-state index in [1.165, 1.54) is 7.11 Å². The molecule has 0 radical (unpaired) electrons. The summed E-state index contributed by atoms with van der Waals surface area (Å²) in [6, 6.07) is 5.29. The highest BCUT2D eigenvalue weighted by atomic mass is 32.2. The highest BCUT2D eigenvalue weighted by Gasteiger charge is 2.21. The Hall–Kier alpha value is -1.80. The van der Waals surface area contributed by atoms with Crippen molar-refractivity contribution in [1.29, 1.82) is 0 Å². The number of methoxy groups -OCH3 is 2. The summed E-state index contributed by atoms with van der Waals surface area (Å²) >= 11 is 0. The van der Waals surface area contributed by atoms with E-state index >= 15 is 0 Å². The first-order chi connectivity index (χ1) is 11.9. The Morgan fingerprint density at radius 1 is 1.16 bits per heavy atom. The molecule has 2 rings (SSSR count). The second-order valence-corrected chi connectivity index (χ2v) is 8.01. The number of nitrogens with one attached hydrogen (secondary N) is 2. The fraction of sp³-hybridized carbons (Fsp3) is 0.588. The summed E-state index contributed by atoms with van der Waals surface area (Å²) in [7, 11) is -0.277. The van der Waals surface area contributed by atoms with E-state index in [1.54, 1.807) is 25.3 Å². The fourth-order valence-electron chi connectivity index (χ4n) is 2.92. The molecule has 0 saturated heterocycles. The molecule has 0 atom stereocenters. The first-order valence-corrected chi connectivity index (χ1v) is 10.1. The molecule has 7 nitrogen and oxygen atoms in total. The zero-order chi connectivity index (χ0) is 18.3. The van der Waals surface area contributed by atoms with Crippen LogP contribution < -0.4 is 19.5 Å². The van der Waals surface area contributed by atoms with Crippen LogP contribution in [0.2, 0.25) is 0 Å². The van der Waals surface area contributed by atoms with E-state index < -0.39 is 10.0 Å². The Balaban J connectivity index is 1.78. The van der Waals surface area contributed by atoms with Crippen molar-refractivity contribution in [2.75, 3.05) is 26.5 Å². The highest BCUT2D eigenvalue weighted by Crippen LogP contribution is 2.27. The van der Waals surface area contributed by atoms with E-state index in [1.807, 2.05) is 0 Å². The summed E-state index contributed by atoms with van der Waals surface area (Å²) in [6.45, 7) is 0.0914. The van der Waals surface area contributed by atoms with Gasteiger partial charge in [0.05, 0.1) is 26.4 Å². The van der Waals surface area contributed by atoms with Crippen molar-refractivity contribution in [2.24, 2.45) is 0 Å². The van der Waals surface area contributed by atoms with Gasteiger partial charge in [0.1, 0.15) is 0 Å². The van der Waals surface area contributed by atoms with Gasteiger partial charge in [0, 0.05) is 12.6 Å². The van der Waals surface area contributed by atoms with Crippen LogP contribution in [0.4, 0.5) is 0 Å². The van der Waals surface area contributed by atoms with Gasteiger partial charge >= 0.3 is 0 Å². The van der Waals surface area contributed by atoms with E-state index in [0.29, 0.717) is 11.5 Å². The number of benzene rings is 1. The van der Waals surface area contributed by atoms with Gasteiger partial charge in [0.2, 0.25) is 15.9 Å². The van der Waals surface area contributed by atoms with Crippen LogP contribution in [0, 0.1) is 0 Å². The molecular weight excluding hydrogens is 344 g/mol. The zero-order valence-electron chi connectivity index (χ0n) is 14.7. The first-order valence-electron chi connectivity index (χ1n) is 8.41. The molecule has 8 heteroatoms. The molecule has 1 aromatic rings. The number of carbonyl (C=O) groups excluding carboxylic acids is 1. The molecule has 0 aromatic heterocycles. The number of hydrogen-bond acceptors (Lipinski definition) is 5. The van der Waals surface area contributed by atoms with Crippen LogP contribution in [0.3, 0.4) is 0 Å². The Kier molecular flexibility index (Phi) is 7.07. The highest BCUT2D eigenvalue weighted by molar-refractivity contribution is 7.89. The van der Waals surface area contributed by atoms with Gasteiger partial charge in [-0.25, -0.2) is 13.1 Å². The topological polar surface area (TPSA) is 93.7 Å². The molecule has 0 aliphatic heterocycles. The Labute approximate surface area is 149 Å². The van der Waals surface area contributed by atoms with Crippen molar-refractivity contribution < 1.29 is 22.7 Å². The van der Waals surface area contributed by atoms with Gasteiger partial charge in [0.25, 0.3) is 0 Å². The predicted molar refractivity (Wildman–Crippen MR) is 95.4 cm³/mol. The maximum Gasteiger partial charge on any atom is 0.224 e. The number of sulfonamides is 1. The molecule has 140 valence electrons. The standard InChI is InChI=1S/C17H26N2O5S/c1-23-15-8-7-13(11-16(15)24-2)12-17(20)18-9-10-25(21,22)19-14-5-3-4-6-14/h7-8,11,14,19H,3-6,9-10,12H2,1-2H3,(H,18,20). The van der Waals surface area contributed by atoms with Gasteiger partial charge in [-0.05, 0) is 30.5 Å². The van der Waals surface area contributed by atoms with Crippen molar-refractivity contribution in [3.63, 3.8) is 0 Å². The van der Waals surface area contributed by atoms with Gasteiger partial charge in [-0.15, -0.1) is 0 Å². The van der Waals surface area contributed by atoms with E-state index in [2.05, 4.69) is 10.0 Å². The molecular formula is C17H26N2O5S. The third-order valence-electron chi connectivity index (χ3n) is 4.21. The molecule has 2 N–H and O–H groups in total. The SMILES string of the molecule is COc1ccc(CC(=O)NCCS(=O)(=O)NC2CCCC2)cc1OC. The van der Waals surface area contributed by atoms with Crippen LogP contribution >= 0.6 is 0 Å². The molecule has 1 saturated carbocycles. The van der Waals surface area contributed by atoms with Crippen molar-refractivity contribution in [2.45, 2.75) is 38.1 Å². The molecule has 1 fully saturated rings. The van der Waals surface area contributed by atoms with Crippen LogP contribution in [0.15, 0.2) is 18.2 Å². The van der Waals surface area contributed by atoms with Crippen LogP contribution in [0.5, 0.6) is 11.5 Å². The molecule has 0 spiro atoms. The third-order valence-corrected chi connectivity index (χ3v) is 5.64. The molecule has 1 amide bonds. The predicted octanol–water partition coefficient (Wildman–Crippen LogP) is 1.22. The Morgan fingerprint density at radius 3 is 2.48 bits per heavy atom. The lowest BCUT2D eigenvalue weighted by Crippen LogP contribution is -2.38. The Bertz CT molecular complexity index is 684. The number of amides is 1. The molecule has 0 unspecified atom stereocenters. The number of carbonyl (C=O) groups is 1. The van der Waals surface area contributed by atoms with Gasteiger partial charge in [0.15, 0.2) is 11.5 Å². The van der Waals surface area contributed by atoms with Crippen molar-refractivity contribution >= 4 is 15.9 Å². The summed E-state index contributed by atoms with van der Waals surface area (Å²) in [5, 5.41) is 2.65. The fourth-order valence-corrected chi connectivity index (χ4v) is 4.15. The van der Waals surface area contributed by atoms with Crippen molar-refractivity contribution in [3.8, 4) is 11.5 Å². The van der Waals surface area contributed by atoms with Crippen LogP contribution in [-0.2, 0) is 21.2 Å². The quantitative estimate of drug-likeness (QED) is 0.682. The maximum absolute atomic E-state index is 12.0. The monoisotopic (exact) mass is 370 g/mol. The Morgan fingerprint density at radius 2 is 1.84 bits per heavy atom. The summed E-state index contributed by atoms with van der Waals surface area (Å²) < 4.78 is 37.0. The molecule has 0 bridgehead atoms. The van der Waals surface area contributed by atoms with Crippen molar-refractivity contribution in [1.82, 2.24) is 10.0 Å². The average Bonchev–Trinajstić information content (AvgIpc) is 3.06. The minimum absolute atomic E-state index is 0.0486. The number of ether oxygens (including phenoxy) is 2. The lowest BCUT2D eigenvalue weighted by molar-refractivity contribution is -0.120. The molecule has 1 aliphatic carbocycles. The average molecular weight is 370 g/mol. The molecule has 0 heterocycles. The second-order valence-electron chi connectivity index (χ2n) is 6.13. The summed E-state index contributed by atoms with van der Waals surface area (Å²) in [4.78, 5) is 12.0. The van der Waals surface area contributed by atoms with Crippen LogP contribution in [0.1, 0.15) is 31.2 Å². The van der Waals surface area contributed by atoms with E-state index in [9.17, 15) is 13.2 Å². The summed E-state index contributed by atoms with van der Waals surface area (Å²) in [5.41, 5.74) is 0.766. The number of hydrogen-bond donors (Lipinski definition) is 2. The van der Waals surface area contributed by atoms with E-state index in [4.69, 9.17) is 9.47 Å². The lowest BCUT2D eigenvalue weighted by Gasteiger charge is -2.13. The number of rotatable bonds is 9.